The number of rotatable bonds is 2. The van der Waals surface area contributed by atoms with Gasteiger partial charge in [0, 0.05) is 43.1 Å². The van der Waals surface area contributed by atoms with Crippen LogP contribution < -0.4 is 4.90 Å². The van der Waals surface area contributed by atoms with E-state index in [0.29, 0.717) is 0 Å². The number of hydrogen-bond donors (Lipinski definition) is 0. The van der Waals surface area contributed by atoms with E-state index >= 15 is 0 Å². The number of aromatic nitrogens is 2. The molecule has 1 fully saturated rings. The van der Waals surface area contributed by atoms with E-state index in [-0.39, 0.29) is 5.41 Å². The average Bonchev–Trinajstić information content (AvgIpc) is 3.19. The fourth-order valence-corrected chi connectivity index (χ4v) is 3.83. The van der Waals surface area contributed by atoms with Crippen molar-refractivity contribution >= 4 is 28.0 Å². The van der Waals surface area contributed by atoms with Crippen molar-refractivity contribution in [3.05, 3.63) is 28.2 Å². The molecule has 1 aliphatic heterocycles. The summed E-state index contributed by atoms with van der Waals surface area (Å²) in [5, 5.41) is 3.12. The molecule has 3 rings (SSSR count). The molecule has 0 amide bonds. The van der Waals surface area contributed by atoms with E-state index in [9.17, 15) is 0 Å². The molecule has 0 N–H and O–H groups in total. The van der Waals surface area contributed by atoms with Crippen LogP contribution in [0.5, 0.6) is 0 Å². The van der Waals surface area contributed by atoms with Crippen LogP contribution in [-0.4, -0.2) is 47.0 Å². The summed E-state index contributed by atoms with van der Waals surface area (Å²) in [7, 11) is 0. The van der Waals surface area contributed by atoms with E-state index in [1.54, 1.807) is 11.3 Å². The Morgan fingerprint density at radius 2 is 2.00 bits per heavy atom. The maximum Gasteiger partial charge on any atom is 0.205 e. The Morgan fingerprint density at radius 1 is 1.22 bits per heavy atom. The minimum absolute atomic E-state index is 0.0218. The first-order valence-electron chi connectivity index (χ1n) is 7.86. The van der Waals surface area contributed by atoms with E-state index in [1.807, 2.05) is 6.07 Å². The van der Waals surface area contributed by atoms with E-state index in [2.05, 4.69) is 58.2 Å². The van der Waals surface area contributed by atoms with E-state index in [1.165, 1.54) is 11.5 Å². The lowest BCUT2D eigenvalue weighted by Crippen LogP contribution is -2.46. The lowest BCUT2D eigenvalue weighted by molar-refractivity contribution is 0.288. The Balaban J connectivity index is 1.51. The molecule has 0 radical (unpaired) electrons. The van der Waals surface area contributed by atoms with Gasteiger partial charge >= 0.3 is 0 Å². The van der Waals surface area contributed by atoms with Gasteiger partial charge in [0.1, 0.15) is 5.82 Å². The van der Waals surface area contributed by atoms with Crippen molar-refractivity contribution in [1.82, 2.24) is 14.3 Å². The minimum Gasteiger partial charge on any atom is -0.344 e. The van der Waals surface area contributed by atoms with Crippen LogP contribution >= 0.6 is 22.9 Å². The number of anilines is 1. The van der Waals surface area contributed by atoms with Gasteiger partial charge in [0.25, 0.3) is 0 Å². The molecular weight excluding hydrogens is 324 g/mol. The van der Waals surface area contributed by atoms with Crippen LogP contribution in [0.3, 0.4) is 0 Å². The molecule has 23 heavy (non-hydrogen) atoms. The smallest absolute Gasteiger partial charge is 0.205 e. The van der Waals surface area contributed by atoms with Gasteiger partial charge in [0.15, 0.2) is 0 Å². The molecule has 3 heterocycles. The lowest BCUT2D eigenvalue weighted by atomic mass is 9.96. The van der Waals surface area contributed by atoms with Crippen LogP contribution in [0, 0.1) is 11.8 Å². The molecule has 0 aliphatic carbocycles. The predicted octanol–water partition coefficient (Wildman–Crippen LogP) is 3.07. The van der Waals surface area contributed by atoms with Gasteiger partial charge in [-0.15, -0.1) is 11.3 Å². The third kappa shape index (κ3) is 4.31. The van der Waals surface area contributed by atoms with Crippen molar-refractivity contribution < 1.29 is 0 Å². The quantitative estimate of drug-likeness (QED) is 0.782. The lowest BCUT2D eigenvalue weighted by Gasteiger charge is -2.33. The Morgan fingerprint density at radius 3 is 2.61 bits per heavy atom. The van der Waals surface area contributed by atoms with Crippen molar-refractivity contribution in [2.75, 3.05) is 37.6 Å². The summed E-state index contributed by atoms with van der Waals surface area (Å²) in [6.07, 6.45) is 0. The van der Waals surface area contributed by atoms with E-state index in [4.69, 9.17) is 4.98 Å². The maximum atomic E-state index is 4.71. The molecule has 1 aliphatic rings. The zero-order valence-corrected chi connectivity index (χ0v) is 15.5. The van der Waals surface area contributed by atoms with Gasteiger partial charge in [-0.25, -0.2) is 4.98 Å². The van der Waals surface area contributed by atoms with Crippen LogP contribution in [0.2, 0.25) is 0 Å². The summed E-state index contributed by atoms with van der Waals surface area (Å²) < 4.78 is 4.51. The largest absolute Gasteiger partial charge is 0.344 e. The second-order valence-electron chi connectivity index (χ2n) is 6.69. The van der Waals surface area contributed by atoms with Crippen LogP contribution in [0.1, 0.15) is 31.5 Å². The summed E-state index contributed by atoms with van der Waals surface area (Å²) in [5.74, 6) is 7.45. The van der Waals surface area contributed by atoms with Crippen molar-refractivity contribution in [1.29, 1.82) is 0 Å². The van der Waals surface area contributed by atoms with E-state index < -0.39 is 0 Å². The number of piperazine rings is 1. The molecule has 6 heteroatoms. The first-order valence-corrected chi connectivity index (χ1v) is 9.51. The molecule has 4 nitrogen and oxygen atoms in total. The number of thiophene rings is 1. The Labute approximate surface area is 146 Å². The van der Waals surface area contributed by atoms with Crippen molar-refractivity contribution in [3.8, 4) is 11.8 Å². The standard InChI is InChI=1S/C17H22N4S2/c1-17(2,3)15-18-16(23-19-15)21-11-9-20(10-12-21)8-4-6-14-7-5-13-22-14/h5,7,13H,8-12H2,1-3H3. The zero-order valence-electron chi connectivity index (χ0n) is 13.9. The molecule has 0 saturated carbocycles. The number of hydrogen-bond acceptors (Lipinski definition) is 6. The summed E-state index contributed by atoms with van der Waals surface area (Å²) in [6, 6.07) is 4.11. The molecule has 2 aromatic rings. The third-order valence-electron chi connectivity index (χ3n) is 3.76. The molecule has 0 atom stereocenters. The fraction of sp³-hybridized carbons (Fsp3) is 0.529. The summed E-state index contributed by atoms with van der Waals surface area (Å²) >= 11 is 3.22. The highest BCUT2D eigenvalue weighted by Crippen LogP contribution is 2.25. The highest BCUT2D eigenvalue weighted by atomic mass is 32.1. The van der Waals surface area contributed by atoms with Gasteiger partial charge in [-0.3, -0.25) is 4.90 Å². The normalized spacial score (nSPS) is 16.2. The molecule has 0 aromatic carbocycles. The summed E-state index contributed by atoms with van der Waals surface area (Å²) in [4.78, 5) is 10.6. The van der Waals surface area contributed by atoms with Gasteiger partial charge in [0.05, 0.1) is 11.4 Å². The van der Waals surface area contributed by atoms with E-state index in [0.717, 1.165) is 48.6 Å². The summed E-state index contributed by atoms with van der Waals surface area (Å²) in [5.41, 5.74) is 0.0218. The molecule has 1 saturated heterocycles. The zero-order chi connectivity index (χ0) is 16.3. The molecule has 0 bridgehead atoms. The van der Waals surface area contributed by atoms with Crippen molar-refractivity contribution in [2.24, 2.45) is 0 Å². The molecule has 0 spiro atoms. The van der Waals surface area contributed by atoms with Crippen LogP contribution in [0.15, 0.2) is 17.5 Å². The topological polar surface area (TPSA) is 32.3 Å². The second kappa shape index (κ2) is 7.00. The molecular formula is C17H22N4S2. The van der Waals surface area contributed by atoms with Gasteiger partial charge < -0.3 is 4.90 Å². The Kier molecular flexibility index (Phi) is 5.00. The average molecular weight is 347 g/mol. The van der Waals surface area contributed by atoms with Crippen LogP contribution in [-0.2, 0) is 5.41 Å². The predicted molar refractivity (Wildman–Crippen MR) is 98.5 cm³/mol. The van der Waals surface area contributed by atoms with Crippen molar-refractivity contribution in [2.45, 2.75) is 26.2 Å². The fourth-order valence-electron chi connectivity index (χ4n) is 2.33. The SMILES string of the molecule is CC(C)(C)c1nsc(N2CCN(CC#Cc3cccs3)CC2)n1. The van der Waals surface area contributed by atoms with Crippen LogP contribution in [0.25, 0.3) is 0 Å². The molecule has 122 valence electrons. The van der Waals surface area contributed by atoms with Crippen LogP contribution in [0.4, 0.5) is 5.13 Å². The Hall–Kier alpha value is -1.42. The Bertz CT molecular complexity index is 680. The first kappa shape index (κ1) is 16.4. The summed E-state index contributed by atoms with van der Waals surface area (Å²) in [6.45, 7) is 11.4. The molecule has 2 aromatic heterocycles. The first-order chi connectivity index (χ1) is 11.0. The highest BCUT2D eigenvalue weighted by molar-refractivity contribution is 7.10. The monoisotopic (exact) mass is 346 g/mol. The van der Waals surface area contributed by atoms with Gasteiger partial charge in [-0.2, -0.15) is 4.37 Å². The number of nitrogens with zero attached hydrogens (tertiary/aromatic N) is 4. The van der Waals surface area contributed by atoms with Crippen molar-refractivity contribution in [3.63, 3.8) is 0 Å². The van der Waals surface area contributed by atoms with Gasteiger partial charge in [0.2, 0.25) is 5.13 Å². The minimum atomic E-state index is 0.0218. The highest BCUT2D eigenvalue weighted by Gasteiger charge is 2.23. The second-order valence-corrected chi connectivity index (χ2v) is 8.37. The van der Waals surface area contributed by atoms with Gasteiger partial charge in [-0.05, 0) is 11.4 Å². The third-order valence-corrected chi connectivity index (χ3v) is 5.33. The van der Waals surface area contributed by atoms with Gasteiger partial charge in [-0.1, -0.05) is 38.7 Å². The molecule has 0 unspecified atom stereocenters. The maximum absolute atomic E-state index is 4.71.